The number of carboxylic acid groups (broad SMARTS) is 1. The van der Waals surface area contributed by atoms with Crippen LogP contribution in [0.25, 0.3) is 11.1 Å². The van der Waals surface area contributed by atoms with E-state index < -0.39 is 12.1 Å². The van der Waals surface area contributed by atoms with E-state index >= 15 is 0 Å². The van der Waals surface area contributed by atoms with E-state index in [2.05, 4.69) is 56.4 Å². The molecule has 0 saturated heterocycles. The van der Waals surface area contributed by atoms with Crippen molar-refractivity contribution in [2.24, 2.45) is 5.73 Å². The van der Waals surface area contributed by atoms with Gasteiger partial charge in [-0.05, 0) is 57.4 Å². The molecule has 31 heavy (non-hydrogen) atoms. The average molecular weight is 441 g/mol. The van der Waals surface area contributed by atoms with Gasteiger partial charge < -0.3 is 20.9 Å². The van der Waals surface area contributed by atoms with E-state index in [0.717, 1.165) is 30.7 Å². The van der Waals surface area contributed by atoms with E-state index in [9.17, 15) is 13.2 Å². The summed E-state index contributed by atoms with van der Waals surface area (Å²) in [6.45, 7) is 7.34. The molecule has 0 aromatic heterocycles. The summed E-state index contributed by atoms with van der Waals surface area (Å²) < 4.78 is 37.2. The first-order valence-electron chi connectivity index (χ1n) is 9.91. The Hall–Kier alpha value is -2.58. The Morgan fingerprint density at radius 2 is 1.68 bits per heavy atom. The minimum absolute atomic E-state index is 0.0820. The number of benzene rings is 2. The van der Waals surface area contributed by atoms with Gasteiger partial charge in [-0.2, -0.15) is 13.2 Å². The van der Waals surface area contributed by atoms with Crippen molar-refractivity contribution in [3.63, 3.8) is 0 Å². The zero-order valence-electron chi connectivity index (χ0n) is 18.3. The maximum absolute atomic E-state index is 10.6. The fourth-order valence-electron chi connectivity index (χ4n) is 2.81. The van der Waals surface area contributed by atoms with Gasteiger partial charge in [0.1, 0.15) is 5.75 Å². The number of hydrogen-bond acceptors (Lipinski definition) is 4. The highest BCUT2D eigenvalue weighted by atomic mass is 19.4. The molecular weight excluding hydrogens is 409 g/mol. The Labute approximate surface area is 181 Å². The highest BCUT2D eigenvalue weighted by molar-refractivity contribution is 5.73. The number of rotatable bonds is 8. The first-order chi connectivity index (χ1) is 14.3. The van der Waals surface area contributed by atoms with E-state index in [1.807, 2.05) is 18.2 Å². The third-order valence-electron chi connectivity index (χ3n) is 4.52. The summed E-state index contributed by atoms with van der Waals surface area (Å²) in [7, 11) is 1.71. The summed E-state index contributed by atoms with van der Waals surface area (Å²) in [6, 6.07) is 17.1. The van der Waals surface area contributed by atoms with Crippen LogP contribution in [0.5, 0.6) is 5.75 Å². The number of carboxylic acids is 1. The maximum Gasteiger partial charge on any atom is 0.490 e. The molecule has 5 nitrogen and oxygen atoms in total. The first kappa shape index (κ1) is 26.5. The van der Waals surface area contributed by atoms with Crippen molar-refractivity contribution in [3.05, 3.63) is 54.1 Å². The van der Waals surface area contributed by atoms with Crippen LogP contribution < -0.4 is 15.8 Å². The lowest BCUT2D eigenvalue weighted by atomic mass is 9.99. The van der Waals surface area contributed by atoms with Gasteiger partial charge in [0.15, 0.2) is 0 Å². The standard InChI is InChI=1S/C21H30N2O.C2HF3O2/c1-16(23-15-7-14-21(2,3)22)17-10-12-18(13-11-17)19-8-5-6-9-20(19)24-4;3-2(4,5)1(6)7/h5-6,8-13,16,23H,7,14-15,22H2,1-4H3;(H,6,7). The molecular formula is C23H31F3N2O3. The Morgan fingerprint density at radius 3 is 2.16 bits per heavy atom. The zero-order chi connectivity index (χ0) is 23.7. The molecule has 0 bridgehead atoms. The molecule has 0 aliphatic rings. The molecule has 0 fully saturated rings. The molecule has 1 unspecified atom stereocenters. The Morgan fingerprint density at radius 1 is 1.13 bits per heavy atom. The number of aliphatic carboxylic acids is 1. The van der Waals surface area contributed by atoms with Crippen molar-refractivity contribution >= 4 is 5.97 Å². The predicted molar refractivity (Wildman–Crippen MR) is 116 cm³/mol. The van der Waals surface area contributed by atoms with E-state index in [1.165, 1.54) is 11.1 Å². The van der Waals surface area contributed by atoms with Crippen LogP contribution in [0.15, 0.2) is 48.5 Å². The second kappa shape index (κ2) is 11.7. The lowest BCUT2D eigenvalue weighted by molar-refractivity contribution is -0.192. The van der Waals surface area contributed by atoms with Gasteiger partial charge in [-0.1, -0.05) is 42.5 Å². The number of nitrogens with two attached hydrogens (primary N) is 1. The van der Waals surface area contributed by atoms with Crippen molar-refractivity contribution in [3.8, 4) is 16.9 Å². The highest BCUT2D eigenvalue weighted by Crippen LogP contribution is 2.30. The Kier molecular flexibility index (Phi) is 10.00. The molecule has 2 rings (SSSR count). The van der Waals surface area contributed by atoms with E-state index in [4.69, 9.17) is 20.4 Å². The van der Waals surface area contributed by atoms with Gasteiger partial charge in [-0.15, -0.1) is 0 Å². The van der Waals surface area contributed by atoms with Crippen LogP contribution in [0.3, 0.4) is 0 Å². The normalized spacial score (nSPS) is 12.5. The molecule has 2 aromatic rings. The Balaban J connectivity index is 0.000000592. The molecule has 0 radical (unpaired) electrons. The predicted octanol–water partition coefficient (Wildman–Crippen LogP) is 5.16. The number of alkyl halides is 3. The number of ether oxygens (including phenoxy) is 1. The number of nitrogens with one attached hydrogen (secondary N) is 1. The fraction of sp³-hybridized carbons (Fsp3) is 0.435. The lowest BCUT2D eigenvalue weighted by Gasteiger charge is -2.20. The molecule has 0 spiro atoms. The largest absolute Gasteiger partial charge is 0.496 e. The quantitative estimate of drug-likeness (QED) is 0.494. The summed E-state index contributed by atoms with van der Waals surface area (Å²) in [5.74, 6) is -1.85. The summed E-state index contributed by atoms with van der Waals surface area (Å²) >= 11 is 0. The van der Waals surface area contributed by atoms with Crippen LogP contribution >= 0.6 is 0 Å². The smallest absolute Gasteiger partial charge is 0.490 e. The molecule has 8 heteroatoms. The van der Waals surface area contributed by atoms with Crippen molar-refractivity contribution < 1.29 is 27.8 Å². The van der Waals surface area contributed by atoms with Crippen LogP contribution in [0.1, 0.15) is 45.2 Å². The van der Waals surface area contributed by atoms with Crippen LogP contribution in [0, 0.1) is 0 Å². The van der Waals surface area contributed by atoms with E-state index in [0.29, 0.717) is 6.04 Å². The second-order valence-corrected chi connectivity index (χ2v) is 7.89. The summed E-state index contributed by atoms with van der Waals surface area (Å²) in [6.07, 6.45) is -2.97. The molecule has 2 aromatic carbocycles. The van der Waals surface area contributed by atoms with Crippen molar-refractivity contribution in [1.82, 2.24) is 5.32 Å². The third kappa shape index (κ3) is 9.85. The SMILES string of the molecule is COc1ccccc1-c1ccc(C(C)NCCCC(C)(C)N)cc1.O=C(O)C(F)(F)F. The molecule has 0 aliphatic carbocycles. The van der Waals surface area contributed by atoms with Crippen LogP contribution in [-0.4, -0.2) is 36.4 Å². The monoisotopic (exact) mass is 440 g/mol. The van der Waals surface area contributed by atoms with Crippen molar-refractivity contribution in [2.45, 2.75) is 51.4 Å². The fourth-order valence-corrected chi connectivity index (χ4v) is 2.81. The number of para-hydroxylation sites is 1. The number of halogens is 3. The van der Waals surface area contributed by atoms with Crippen LogP contribution in [0.4, 0.5) is 13.2 Å². The highest BCUT2D eigenvalue weighted by Gasteiger charge is 2.38. The minimum Gasteiger partial charge on any atom is -0.496 e. The van der Waals surface area contributed by atoms with Gasteiger partial charge in [0.05, 0.1) is 7.11 Å². The topological polar surface area (TPSA) is 84.6 Å². The van der Waals surface area contributed by atoms with Gasteiger partial charge >= 0.3 is 12.1 Å². The molecule has 0 heterocycles. The summed E-state index contributed by atoms with van der Waals surface area (Å²) in [4.78, 5) is 8.90. The lowest BCUT2D eigenvalue weighted by Crippen LogP contribution is -2.33. The number of carbonyl (C=O) groups is 1. The van der Waals surface area contributed by atoms with Gasteiger partial charge in [0.25, 0.3) is 0 Å². The summed E-state index contributed by atoms with van der Waals surface area (Å²) in [5, 5.41) is 10.7. The third-order valence-corrected chi connectivity index (χ3v) is 4.52. The molecule has 0 saturated carbocycles. The maximum atomic E-state index is 10.6. The molecule has 0 aliphatic heterocycles. The molecule has 172 valence electrons. The molecule has 1 atom stereocenters. The number of methoxy groups -OCH3 is 1. The van der Waals surface area contributed by atoms with Gasteiger partial charge in [-0.3, -0.25) is 0 Å². The minimum atomic E-state index is -5.08. The average Bonchev–Trinajstić information content (AvgIpc) is 2.70. The van der Waals surface area contributed by atoms with Gasteiger partial charge in [-0.25, -0.2) is 4.79 Å². The molecule has 4 N–H and O–H groups in total. The molecule has 0 amide bonds. The van der Waals surface area contributed by atoms with Crippen molar-refractivity contribution in [1.29, 1.82) is 0 Å². The second-order valence-electron chi connectivity index (χ2n) is 7.89. The van der Waals surface area contributed by atoms with Crippen LogP contribution in [0.2, 0.25) is 0 Å². The summed E-state index contributed by atoms with van der Waals surface area (Å²) in [5.41, 5.74) is 9.53. The number of hydrogen-bond donors (Lipinski definition) is 3. The Bertz CT molecular complexity index is 816. The van der Waals surface area contributed by atoms with E-state index in [-0.39, 0.29) is 5.54 Å². The van der Waals surface area contributed by atoms with Gasteiger partial charge in [0.2, 0.25) is 0 Å². The van der Waals surface area contributed by atoms with Crippen LogP contribution in [-0.2, 0) is 4.79 Å². The van der Waals surface area contributed by atoms with Crippen molar-refractivity contribution in [2.75, 3.05) is 13.7 Å². The zero-order valence-corrected chi connectivity index (χ0v) is 18.3. The van der Waals surface area contributed by atoms with E-state index in [1.54, 1.807) is 7.11 Å². The van der Waals surface area contributed by atoms with Gasteiger partial charge in [0, 0.05) is 17.1 Å². The first-order valence-corrected chi connectivity index (χ1v) is 9.91.